The highest BCUT2D eigenvalue weighted by atomic mass is 16.4. The Hall–Kier alpha value is -1.98. The number of amides is 2. The number of hydrogen-bond acceptors (Lipinski definition) is 3. The van der Waals surface area contributed by atoms with Crippen LogP contribution in [0.2, 0.25) is 0 Å². The molecule has 118 valence electrons. The molecule has 2 unspecified atom stereocenters. The van der Waals surface area contributed by atoms with Gasteiger partial charge in [0.15, 0.2) is 0 Å². The molecule has 1 aromatic heterocycles. The van der Waals surface area contributed by atoms with Gasteiger partial charge in [-0.1, -0.05) is 6.92 Å². The van der Waals surface area contributed by atoms with Crippen LogP contribution in [0.25, 0.3) is 0 Å². The maximum Gasteiger partial charge on any atom is 0.315 e. The van der Waals surface area contributed by atoms with E-state index < -0.39 is 11.4 Å². The highest BCUT2D eigenvalue weighted by Crippen LogP contribution is 2.22. The summed E-state index contributed by atoms with van der Waals surface area (Å²) in [5, 5.41) is 14.6. The van der Waals surface area contributed by atoms with Crippen molar-refractivity contribution >= 4 is 12.0 Å². The smallest absolute Gasteiger partial charge is 0.315 e. The van der Waals surface area contributed by atoms with Crippen molar-refractivity contribution in [3.8, 4) is 0 Å². The molecule has 2 atom stereocenters. The van der Waals surface area contributed by atoms with Gasteiger partial charge in [-0.05, 0) is 40.2 Å². The van der Waals surface area contributed by atoms with Crippen molar-refractivity contribution in [2.24, 2.45) is 5.41 Å². The van der Waals surface area contributed by atoms with Gasteiger partial charge in [-0.15, -0.1) is 0 Å². The summed E-state index contributed by atoms with van der Waals surface area (Å²) >= 11 is 0. The fourth-order valence-corrected chi connectivity index (χ4v) is 2.03. The zero-order chi connectivity index (χ0) is 16.2. The highest BCUT2D eigenvalue weighted by Gasteiger charge is 2.31. The van der Waals surface area contributed by atoms with Gasteiger partial charge in [0, 0.05) is 12.1 Å². The Bertz CT molecular complexity index is 524. The zero-order valence-electron chi connectivity index (χ0n) is 13.2. The molecule has 0 fully saturated rings. The molecule has 0 aliphatic heterocycles. The molecule has 6 heteroatoms. The second-order valence-electron chi connectivity index (χ2n) is 5.64. The average Bonchev–Trinajstić information content (AvgIpc) is 2.74. The van der Waals surface area contributed by atoms with Gasteiger partial charge in [-0.3, -0.25) is 4.79 Å². The van der Waals surface area contributed by atoms with Crippen LogP contribution in [0.15, 0.2) is 10.5 Å². The molecule has 21 heavy (non-hydrogen) atoms. The fourth-order valence-electron chi connectivity index (χ4n) is 2.03. The number of rotatable bonds is 6. The van der Waals surface area contributed by atoms with Crippen LogP contribution in [0.3, 0.4) is 0 Å². The Morgan fingerprint density at radius 2 is 2.05 bits per heavy atom. The molecule has 0 saturated carbocycles. The number of carbonyl (C=O) groups excluding carboxylic acids is 1. The lowest BCUT2D eigenvalue weighted by atomic mass is 9.88. The van der Waals surface area contributed by atoms with Gasteiger partial charge in [0.1, 0.15) is 11.5 Å². The number of urea groups is 1. The molecule has 2 amide bonds. The lowest BCUT2D eigenvalue weighted by molar-refractivity contribution is -0.147. The predicted molar refractivity (Wildman–Crippen MR) is 79.2 cm³/mol. The first-order valence-corrected chi connectivity index (χ1v) is 7.04. The maximum absolute atomic E-state index is 11.9. The number of aliphatic carboxylic acids is 1. The van der Waals surface area contributed by atoms with Crippen LogP contribution in [0, 0.1) is 19.3 Å². The van der Waals surface area contributed by atoms with Gasteiger partial charge in [-0.25, -0.2) is 4.79 Å². The third-order valence-corrected chi connectivity index (χ3v) is 3.83. The summed E-state index contributed by atoms with van der Waals surface area (Å²) in [6.07, 6.45) is 0.443. The SMILES string of the molecule is CCC(C)(CNC(=O)NC(C)c1cc(C)oc1C)C(=O)O. The number of carboxylic acids is 1. The van der Waals surface area contributed by atoms with Crippen molar-refractivity contribution in [1.29, 1.82) is 0 Å². The molecule has 0 spiro atoms. The number of hydrogen-bond donors (Lipinski definition) is 3. The Balaban J connectivity index is 2.58. The Labute approximate surface area is 124 Å². The van der Waals surface area contributed by atoms with E-state index in [1.54, 1.807) is 13.8 Å². The monoisotopic (exact) mass is 296 g/mol. The molecule has 0 bridgehead atoms. The van der Waals surface area contributed by atoms with E-state index in [9.17, 15) is 9.59 Å². The Kier molecular flexibility index (Phi) is 5.41. The first kappa shape index (κ1) is 17.1. The normalized spacial score (nSPS) is 15.1. The van der Waals surface area contributed by atoms with E-state index in [4.69, 9.17) is 9.52 Å². The van der Waals surface area contributed by atoms with Gasteiger partial charge in [0.05, 0.1) is 11.5 Å². The molecule has 1 heterocycles. The number of carbonyl (C=O) groups is 2. The second kappa shape index (κ2) is 6.65. The summed E-state index contributed by atoms with van der Waals surface area (Å²) in [6, 6.07) is 1.29. The number of furan rings is 1. The third kappa shape index (κ3) is 4.24. The van der Waals surface area contributed by atoms with Gasteiger partial charge in [-0.2, -0.15) is 0 Å². The van der Waals surface area contributed by atoms with E-state index >= 15 is 0 Å². The van der Waals surface area contributed by atoms with Crippen molar-refractivity contribution in [2.45, 2.75) is 47.1 Å². The molecule has 0 saturated heterocycles. The third-order valence-electron chi connectivity index (χ3n) is 3.83. The van der Waals surface area contributed by atoms with Crippen LogP contribution in [0.4, 0.5) is 4.79 Å². The molecule has 1 rings (SSSR count). The van der Waals surface area contributed by atoms with Gasteiger partial charge >= 0.3 is 12.0 Å². The molecule has 0 aromatic carbocycles. The summed E-state index contributed by atoms with van der Waals surface area (Å²) < 4.78 is 5.43. The summed E-state index contributed by atoms with van der Waals surface area (Å²) in [4.78, 5) is 23.1. The molecule has 0 aliphatic carbocycles. The van der Waals surface area contributed by atoms with Crippen molar-refractivity contribution in [1.82, 2.24) is 10.6 Å². The van der Waals surface area contributed by atoms with Crippen molar-refractivity contribution in [3.05, 3.63) is 23.2 Å². The largest absolute Gasteiger partial charge is 0.481 e. The second-order valence-corrected chi connectivity index (χ2v) is 5.64. The minimum absolute atomic E-state index is 0.0841. The number of nitrogens with one attached hydrogen (secondary N) is 2. The lowest BCUT2D eigenvalue weighted by Gasteiger charge is -2.24. The molecule has 0 radical (unpaired) electrons. The standard InChI is InChI=1S/C15H24N2O4/c1-6-15(5,13(18)19)8-16-14(20)17-10(3)12-7-9(2)21-11(12)4/h7,10H,6,8H2,1-5H3,(H,18,19)(H2,16,17,20). The minimum atomic E-state index is -0.956. The van der Waals surface area contributed by atoms with E-state index in [2.05, 4.69) is 10.6 Å². The molecule has 3 N–H and O–H groups in total. The number of carboxylic acid groups (broad SMARTS) is 1. The fraction of sp³-hybridized carbons (Fsp3) is 0.600. The number of aryl methyl sites for hydroxylation is 2. The maximum atomic E-state index is 11.9. The molecule has 6 nitrogen and oxygen atoms in total. The van der Waals surface area contributed by atoms with Crippen molar-refractivity contribution < 1.29 is 19.1 Å². The molecule has 0 aliphatic rings. The van der Waals surface area contributed by atoms with Gasteiger partial charge in [0.2, 0.25) is 0 Å². The van der Waals surface area contributed by atoms with E-state index in [0.29, 0.717) is 6.42 Å². The summed E-state index contributed by atoms with van der Waals surface area (Å²) in [5.41, 5.74) is -0.0398. The van der Waals surface area contributed by atoms with Crippen LogP contribution < -0.4 is 10.6 Å². The van der Waals surface area contributed by atoms with Crippen molar-refractivity contribution in [2.75, 3.05) is 6.54 Å². The first-order chi connectivity index (χ1) is 9.69. The van der Waals surface area contributed by atoms with Crippen LogP contribution >= 0.6 is 0 Å². The van der Waals surface area contributed by atoms with Gasteiger partial charge in [0.25, 0.3) is 0 Å². The van der Waals surface area contributed by atoms with E-state index in [1.807, 2.05) is 26.8 Å². The summed E-state index contributed by atoms with van der Waals surface area (Å²) in [6.45, 7) is 9.03. The average molecular weight is 296 g/mol. The van der Waals surface area contributed by atoms with Crippen LogP contribution in [-0.4, -0.2) is 23.7 Å². The zero-order valence-corrected chi connectivity index (χ0v) is 13.2. The summed E-state index contributed by atoms with van der Waals surface area (Å²) in [7, 11) is 0. The van der Waals surface area contributed by atoms with Crippen LogP contribution in [-0.2, 0) is 4.79 Å². The minimum Gasteiger partial charge on any atom is -0.481 e. The molecular formula is C15H24N2O4. The Morgan fingerprint density at radius 1 is 1.43 bits per heavy atom. The van der Waals surface area contributed by atoms with E-state index in [1.165, 1.54) is 0 Å². The van der Waals surface area contributed by atoms with Gasteiger partial charge < -0.3 is 20.2 Å². The van der Waals surface area contributed by atoms with Crippen LogP contribution in [0.1, 0.15) is 50.3 Å². The molecule has 1 aromatic rings. The quantitative estimate of drug-likeness (QED) is 0.752. The molecular weight excluding hydrogens is 272 g/mol. The van der Waals surface area contributed by atoms with Crippen molar-refractivity contribution in [3.63, 3.8) is 0 Å². The Morgan fingerprint density at radius 3 is 2.48 bits per heavy atom. The summed E-state index contributed by atoms with van der Waals surface area (Å²) in [5.74, 6) is 0.643. The van der Waals surface area contributed by atoms with E-state index in [-0.39, 0.29) is 18.6 Å². The first-order valence-electron chi connectivity index (χ1n) is 7.04. The van der Waals surface area contributed by atoms with E-state index in [0.717, 1.165) is 17.1 Å². The highest BCUT2D eigenvalue weighted by molar-refractivity contribution is 5.78. The lowest BCUT2D eigenvalue weighted by Crippen LogP contribution is -2.45. The van der Waals surface area contributed by atoms with Crippen LogP contribution in [0.5, 0.6) is 0 Å². The topological polar surface area (TPSA) is 91.6 Å². The predicted octanol–water partition coefficient (Wildman–Crippen LogP) is 2.76.